The molecule has 1 aromatic carbocycles. The van der Waals surface area contributed by atoms with Crippen molar-refractivity contribution in [1.82, 2.24) is 15.0 Å². The van der Waals surface area contributed by atoms with E-state index in [1.54, 1.807) is 37.5 Å². The molecule has 2 aromatic heterocycles. The third kappa shape index (κ3) is 6.77. The second-order valence-corrected chi connectivity index (χ2v) is 11.5. The number of benzene rings is 1. The zero-order valence-corrected chi connectivity index (χ0v) is 26.3. The summed E-state index contributed by atoms with van der Waals surface area (Å²) in [6, 6.07) is 3.47. The Hall–Kier alpha value is -2.92. The summed E-state index contributed by atoms with van der Waals surface area (Å²) in [5.41, 5.74) is 3.49. The van der Waals surface area contributed by atoms with E-state index in [0.717, 1.165) is 65.7 Å². The van der Waals surface area contributed by atoms with E-state index in [2.05, 4.69) is 26.7 Å². The molecule has 5 rings (SSSR count). The van der Waals surface area contributed by atoms with Gasteiger partial charge in [0, 0.05) is 61.0 Å². The van der Waals surface area contributed by atoms with Crippen LogP contribution in [-0.2, 0) is 11.3 Å². The smallest absolute Gasteiger partial charge is 0.338 e. The lowest BCUT2D eigenvalue weighted by Crippen LogP contribution is -2.46. The molecule has 220 valence electrons. The fourth-order valence-electron chi connectivity index (χ4n) is 4.76. The fourth-order valence-corrected chi connectivity index (χ4v) is 6.37. The highest BCUT2D eigenvalue weighted by Gasteiger charge is 2.35. The molecule has 0 amide bonds. The molecule has 0 unspecified atom stereocenters. The van der Waals surface area contributed by atoms with E-state index in [1.165, 1.54) is 13.3 Å². The van der Waals surface area contributed by atoms with E-state index in [9.17, 15) is 4.79 Å². The number of fused-ring (bicyclic) bond motifs is 1. The third-order valence-electron chi connectivity index (χ3n) is 6.91. The first-order valence-corrected chi connectivity index (χ1v) is 15.1. The van der Waals surface area contributed by atoms with E-state index >= 15 is 0 Å². The number of carbonyl (C=O) groups excluding carboxylic acids is 1. The van der Waals surface area contributed by atoms with Crippen LogP contribution in [0.15, 0.2) is 37.9 Å². The van der Waals surface area contributed by atoms with Gasteiger partial charge in [-0.1, -0.05) is 53.5 Å². The highest BCUT2D eigenvalue weighted by atomic mass is 35.5. The van der Waals surface area contributed by atoms with Gasteiger partial charge in [-0.05, 0) is 38.6 Å². The van der Waals surface area contributed by atoms with Gasteiger partial charge in [0.25, 0.3) is 0 Å². The zero-order chi connectivity index (χ0) is 29.7. The maximum atomic E-state index is 12.1. The number of rotatable bonds is 9. The summed E-state index contributed by atoms with van der Waals surface area (Å²) >= 11 is 14.5. The number of thiazole rings is 1. The molecule has 1 saturated heterocycles. The minimum absolute atomic E-state index is 0.376. The Balaban J connectivity index is 0.00000189. The molecule has 2 aliphatic rings. The van der Waals surface area contributed by atoms with Gasteiger partial charge in [0.1, 0.15) is 22.7 Å². The number of piperazine rings is 1. The molecule has 1 saturated carbocycles. The van der Waals surface area contributed by atoms with Crippen molar-refractivity contribution in [2.24, 2.45) is 4.99 Å². The maximum Gasteiger partial charge on any atom is 0.338 e. The Morgan fingerprint density at radius 2 is 1.93 bits per heavy atom. The van der Waals surface area contributed by atoms with Gasteiger partial charge < -0.3 is 18.9 Å². The van der Waals surface area contributed by atoms with Gasteiger partial charge >= 0.3 is 5.97 Å². The van der Waals surface area contributed by atoms with Crippen molar-refractivity contribution < 1.29 is 18.8 Å². The number of carbonyl (C=O) groups is 1. The average Bonchev–Trinajstić information content (AvgIpc) is 3.61. The monoisotopic (exact) mass is 619 g/mol. The van der Waals surface area contributed by atoms with Gasteiger partial charge in [-0.25, -0.2) is 9.78 Å². The van der Waals surface area contributed by atoms with E-state index in [-0.39, 0.29) is 0 Å². The summed E-state index contributed by atoms with van der Waals surface area (Å²) < 4.78 is 17.1. The molecule has 3 heterocycles. The molecule has 0 spiro atoms. The minimum atomic E-state index is -0.405. The summed E-state index contributed by atoms with van der Waals surface area (Å²) in [5, 5.41) is 6.19. The molecule has 41 heavy (non-hydrogen) atoms. The van der Waals surface area contributed by atoms with Crippen molar-refractivity contribution in [3.8, 4) is 5.75 Å². The molecule has 0 bridgehead atoms. The highest BCUT2D eigenvalue weighted by Crippen LogP contribution is 2.45. The number of halogens is 2. The number of methoxy groups -OCH3 is 2. The van der Waals surface area contributed by atoms with Crippen LogP contribution in [0.25, 0.3) is 15.8 Å². The van der Waals surface area contributed by atoms with Crippen molar-refractivity contribution in [2.75, 3.05) is 45.3 Å². The number of allylic oxidation sites excluding steroid dienone is 3. The zero-order valence-electron chi connectivity index (χ0n) is 24.0. The summed E-state index contributed by atoms with van der Waals surface area (Å²) in [7, 11) is 2.94. The summed E-state index contributed by atoms with van der Waals surface area (Å²) in [5.74, 6) is 1.45. The average molecular weight is 621 g/mol. The van der Waals surface area contributed by atoms with E-state index in [1.807, 2.05) is 13.8 Å². The van der Waals surface area contributed by atoms with Crippen LogP contribution in [0, 0.1) is 0 Å². The van der Waals surface area contributed by atoms with Crippen LogP contribution in [0.5, 0.6) is 5.75 Å². The summed E-state index contributed by atoms with van der Waals surface area (Å²) in [4.78, 5) is 25.4. The van der Waals surface area contributed by atoms with E-state index < -0.39 is 5.97 Å². The number of anilines is 1. The molecule has 0 atom stereocenters. The van der Waals surface area contributed by atoms with Gasteiger partial charge in [0.15, 0.2) is 5.13 Å². The normalized spacial score (nSPS) is 16.7. The summed E-state index contributed by atoms with van der Waals surface area (Å²) in [6.07, 6.45) is 3.65. The number of nitrogens with zero attached hydrogens (tertiary/aromatic N) is 5. The molecular formula is C29H35Cl2N5O4S. The van der Waals surface area contributed by atoms with Crippen LogP contribution in [0.4, 0.5) is 5.13 Å². The predicted octanol–water partition coefficient (Wildman–Crippen LogP) is 7.06. The number of ether oxygens (including phenoxy) is 2. The van der Waals surface area contributed by atoms with Crippen LogP contribution in [0.3, 0.4) is 0 Å². The summed E-state index contributed by atoms with van der Waals surface area (Å²) in [6.45, 7) is 13.2. The second kappa shape index (κ2) is 13.8. The van der Waals surface area contributed by atoms with Crippen molar-refractivity contribution in [3.63, 3.8) is 0 Å². The fraction of sp³-hybridized carbons (Fsp3) is 0.448. The standard InChI is InChI=1S/C27H29Cl2N5O4S.C2H6/c1-15(28)22(19(29)13-30-2)23-18(25(38-32-23)16-5-6-16)14-33-7-9-34(10-8-33)27-31-24-20(36-3)11-17(26(35)37-4)12-21(24)39-27;1-2/h11-13,16H,2,5-10,14H2,1,3-4H3;1-2H3/b19-13+,22-15-;. The first kappa shape index (κ1) is 31.0. The molecular weight excluding hydrogens is 585 g/mol. The number of aliphatic imine (C=N–C) groups is 1. The number of hydrogen-bond acceptors (Lipinski definition) is 10. The molecule has 12 heteroatoms. The molecule has 0 N–H and O–H groups in total. The molecule has 1 aliphatic carbocycles. The Kier molecular flexibility index (Phi) is 10.5. The number of esters is 1. The van der Waals surface area contributed by atoms with Gasteiger partial charge in [-0.3, -0.25) is 9.89 Å². The van der Waals surface area contributed by atoms with Crippen LogP contribution < -0.4 is 9.64 Å². The third-order valence-corrected chi connectivity index (χ3v) is 8.44. The van der Waals surface area contributed by atoms with E-state index in [0.29, 0.717) is 45.1 Å². The van der Waals surface area contributed by atoms with Gasteiger partial charge in [-0.15, -0.1) is 0 Å². The maximum absolute atomic E-state index is 12.1. The predicted molar refractivity (Wildman–Crippen MR) is 167 cm³/mol. The molecule has 0 radical (unpaired) electrons. The second-order valence-electron chi connectivity index (χ2n) is 9.49. The number of hydrogen-bond donors (Lipinski definition) is 0. The largest absolute Gasteiger partial charge is 0.494 e. The minimum Gasteiger partial charge on any atom is -0.494 e. The number of aromatic nitrogens is 2. The van der Waals surface area contributed by atoms with Crippen molar-refractivity contribution in [2.45, 2.75) is 46.1 Å². The Morgan fingerprint density at radius 1 is 1.22 bits per heavy atom. The van der Waals surface area contributed by atoms with Crippen LogP contribution in [-0.4, -0.2) is 68.1 Å². The van der Waals surface area contributed by atoms with Crippen molar-refractivity contribution in [3.05, 3.63) is 51.0 Å². The first-order chi connectivity index (χ1) is 19.8. The van der Waals surface area contributed by atoms with Gasteiger partial charge in [0.05, 0.1) is 29.5 Å². The molecule has 2 fully saturated rings. The molecule has 3 aromatic rings. The SMILES string of the molecule is C=N/C=C(Cl)\C(=C(/C)Cl)c1noc(C2CC2)c1CN1CCN(c2nc3c(OC)cc(C(=O)OC)cc3s2)CC1.CC. The lowest BCUT2D eigenvalue weighted by molar-refractivity contribution is 0.0600. The lowest BCUT2D eigenvalue weighted by atomic mass is 10.0. The first-order valence-electron chi connectivity index (χ1n) is 13.6. The van der Waals surface area contributed by atoms with Crippen LogP contribution in [0.1, 0.15) is 66.9 Å². The van der Waals surface area contributed by atoms with Crippen LogP contribution >= 0.6 is 34.5 Å². The van der Waals surface area contributed by atoms with Gasteiger partial charge in [-0.2, -0.15) is 0 Å². The topological polar surface area (TPSA) is 93.3 Å². The Bertz CT molecular complexity index is 1470. The molecule has 1 aliphatic heterocycles. The quantitative estimate of drug-likeness (QED) is 0.143. The Morgan fingerprint density at radius 3 is 2.51 bits per heavy atom. The van der Waals surface area contributed by atoms with Crippen molar-refractivity contribution >= 4 is 68.1 Å². The van der Waals surface area contributed by atoms with Crippen molar-refractivity contribution in [1.29, 1.82) is 0 Å². The Labute approximate surface area is 254 Å². The van der Waals surface area contributed by atoms with Crippen LogP contribution in [0.2, 0.25) is 0 Å². The molecule has 9 nitrogen and oxygen atoms in total. The lowest BCUT2D eigenvalue weighted by Gasteiger charge is -2.34. The van der Waals surface area contributed by atoms with E-state index in [4.69, 9.17) is 42.2 Å². The highest BCUT2D eigenvalue weighted by molar-refractivity contribution is 7.22. The van der Waals surface area contributed by atoms with Gasteiger partial charge in [0.2, 0.25) is 0 Å².